The molecule has 0 radical (unpaired) electrons. The Morgan fingerprint density at radius 1 is 1.35 bits per heavy atom. The van der Waals surface area contributed by atoms with Crippen molar-refractivity contribution < 1.29 is 9.53 Å². The van der Waals surface area contributed by atoms with Crippen molar-refractivity contribution in [3.63, 3.8) is 0 Å². The average molecular weight is 227 g/mol. The van der Waals surface area contributed by atoms with Crippen molar-refractivity contribution in [2.75, 3.05) is 12.4 Å². The van der Waals surface area contributed by atoms with Crippen molar-refractivity contribution in [1.29, 1.82) is 10.5 Å². The van der Waals surface area contributed by atoms with Crippen LogP contribution in [0.3, 0.4) is 0 Å². The number of methoxy groups -OCH3 is 1. The van der Waals surface area contributed by atoms with Crippen LogP contribution in [0.5, 0.6) is 0 Å². The first-order chi connectivity index (χ1) is 8.21. The third-order valence-electron chi connectivity index (χ3n) is 1.92. The number of ether oxygens (including phenoxy) is 1. The van der Waals surface area contributed by atoms with Crippen molar-refractivity contribution in [3.05, 3.63) is 41.6 Å². The largest absolute Gasteiger partial charge is 0.465 e. The number of hydrogen-bond acceptors (Lipinski definition) is 5. The number of nitriles is 2. The van der Waals surface area contributed by atoms with Crippen molar-refractivity contribution in [1.82, 2.24) is 0 Å². The highest BCUT2D eigenvalue weighted by Gasteiger charge is 2.07. The summed E-state index contributed by atoms with van der Waals surface area (Å²) in [7, 11) is 1.20. The van der Waals surface area contributed by atoms with Crippen LogP contribution in [0.15, 0.2) is 36.0 Å². The van der Waals surface area contributed by atoms with E-state index in [1.165, 1.54) is 13.3 Å². The number of benzene rings is 1. The summed E-state index contributed by atoms with van der Waals surface area (Å²) in [5.41, 5.74) is 1.07. The Kier molecular flexibility index (Phi) is 4.29. The van der Waals surface area contributed by atoms with Crippen molar-refractivity contribution in [2.24, 2.45) is 0 Å². The first-order valence-corrected chi connectivity index (χ1v) is 4.66. The monoisotopic (exact) mass is 227 g/mol. The number of nitrogens with one attached hydrogen (secondary N) is 1. The van der Waals surface area contributed by atoms with E-state index in [2.05, 4.69) is 10.1 Å². The van der Waals surface area contributed by atoms with Gasteiger partial charge in [-0.2, -0.15) is 10.5 Å². The Bertz CT molecular complexity index is 518. The molecular weight excluding hydrogens is 218 g/mol. The van der Waals surface area contributed by atoms with Crippen LogP contribution in [0.1, 0.15) is 5.56 Å². The molecule has 0 amide bonds. The van der Waals surface area contributed by atoms with Gasteiger partial charge in [0.05, 0.1) is 18.7 Å². The number of carbonyl (C=O) groups is 1. The Balaban J connectivity index is 2.78. The first-order valence-electron chi connectivity index (χ1n) is 4.66. The van der Waals surface area contributed by atoms with Crippen LogP contribution < -0.4 is 5.32 Å². The molecule has 1 rings (SSSR count). The summed E-state index contributed by atoms with van der Waals surface area (Å²) in [6.07, 6.45) is 1.26. The Hall–Kier alpha value is -2.79. The molecule has 0 bridgehead atoms. The summed E-state index contributed by atoms with van der Waals surface area (Å²) in [6, 6.07) is 10.3. The highest BCUT2D eigenvalue weighted by molar-refractivity contribution is 5.92. The number of anilines is 1. The Morgan fingerprint density at radius 2 is 2.00 bits per heavy atom. The molecule has 1 aromatic carbocycles. The number of rotatable bonds is 3. The maximum absolute atomic E-state index is 11.1. The maximum atomic E-state index is 11.1. The fourth-order valence-electron chi connectivity index (χ4n) is 1.04. The molecule has 84 valence electrons. The minimum Gasteiger partial charge on any atom is -0.465 e. The van der Waals surface area contributed by atoms with E-state index >= 15 is 0 Å². The van der Waals surface area contributed by atoms with Crippen LogP contribution in [0.4, 0.5) is 5.69 Å². The van der Waals surface area contributed by atoms with Gasteiger partial charge in [0.1, 0.15) is 6.07 Å². The van der Waals surface area contributed by atoms with Gasteiger partial charge in [-0.1, -0.05) is 0 Å². The summed E-state index contributed by atoms with van der Waals surface area (Å²) < 4.78 is 4.42. The Morgan fingerprint density at radius 3 is 2.47 bits per heavy atom. The SMILES string of the molecule is COC(=O)/C(C#N)=C\Nc1ccc(C#N)cc1. The topological polar surface area (TPSA) is 85.9 Å². The normalized spacial score (nSPS) is 9.94. The molecule has 1 N–H and O–H groups in total. The molecule has 5 heteroatoms. The smallest absolute Gasteiger partial charge is 0.350 e. The number of esters is 1. The summed E-state index contributed by atoms with van der Waals surface area (Å²) in [5, 5.41) is 20.1. The second kappa shape index (κ2) is 5.94. The van der Waals surface area contributed by atoms with Gasteiger partial charge < -0.3 is 10.1 Å². The van der Waals surface area contributed by atoms with Crippen LogP contribution in [-0.2, 0) is 9.53 Å². The van der Waals surface area contributed by atoms with Gasteiger partial charge in [0, 0.05) is 11.9 Å². The van der Waals surface area contributed by atoms with Crippen LogP contribution in [-0.4, -0.2) is 13.1 Å². The standard InChI is InChI=1S/C12H9N3O2/c1-17-12(16)10(7-14)8-15-11-4-2-9(6-13)3-5-11/h2-5,8,15H,1H3/b10-8-. The van der Waals surface area contributed by atoms with Gasteiger partial charge >= 0.3 is 5.97 Å². The summed E-state index contributed by atoms with van der Waals surface area (Å²) in [5.74, 6) is -0.700. The molecule has 0 aromatic heterocycles. The van der Waals surface area contributed by atoms with Crippen molar-refractivity contribution in [3.8, 4) is 12.1 Å². The molecular formula is C12H9N3O2. The van der Waals surface area contributed by atoms with Gasteiger partial charge in [0.2, 0.25) is 0 Å². The second-order valence-electron chi connectivity index (χ2n) is 2.99. The van der Waals surface area contributed by atoms with E-state index in [4.69, 9.17) is 10.5 Å². The fourth-order valence-corrected chi connectivity index (χ4v) is 1.04. The lowest BCUT2D eigenvalue weighted by Crippen LogP contribution is -2.05. The zero-order valence-electron chi connectivity index (χ0n) is 9.10. The van der Waals surface area contributed by atoms with Crippen LogP contribution in [0.2, 0.25) is 0 Å². The van der Waals surface area contributed by atoms with Crippen molar-refractivity contribution in [2.45, 2.75) is 0 Å². The molecule has 0 spiro atoms. The first kappa shape index (κ1) is 12.3. The van der Waals surface area contributed by atoms with E-state index in [0.29, 0.717) is 11.3 Å². The molecule has 0 fully saturated rings. The van der Waals surface area contributed by atoms with Gasteiger partial charge in [-0.25, -0.2) is 4.79 Å². The van der Waals surface area contributed by atoms with Gasteiger partial charge in [-0.05, 0) is 24.3 Å². The molecule has 0 unspecified atom stereocenters. The number of nitrogens with zero attached hydrogens (tertiary/aromatic N) is 2. The van der Waals surface area contributed by atoms with Gasteiger partial charge in [0.25, 0.3) is 0 Å². The lowest BCUT2D eigenvalue weighted by atomic mass is 10.2. The average Bonchev–Trinajstić information content (AvgIpc) is 2.39. The summed E-state index contributed by atoms with van der Waals surface area (Å²) in [4.78, 5) is 11.1. The van der Waals surface area contributed by atoms with Gasteiger partial charge in [-0.15, -0.1) is 0 Å². The third kappa shape index (κ3) is 3.37. The van der Waals surface area contributed by atoms with Crippen LogP contribution in [0, 0.1) is 22.7 Å². The molecule has 0 aliphatic heterocycles. The van der Waals surface area contributed by atoms with Crippen molar-refractivity contribution >= 4 is 11.7 Å². The molecule has 17 heavy (non-hydrogen) atoms. The zero-order chi connectivity index (χ0) is 12.7. The lowest BCUT2D eigenvalue weighted by molar-refractivity contribution is -0.135. The number of hydrogen-bond donors (Lipinski definition) is 1. The highest BCUT2D eigenvalue weighted by Crippen LogP contribution is 2.09. The van der Waals surface area contributed by atoms with E-state index < -0.39 is 5.97 Å². The quantitative estimate of drug-likeness (QED) is 0.481. The molecule has 0 heterocycles. The molecule has 0 saturated carbocycles. The van der Waals surface area contributed by atoms with E-state index in [-0.39, 0.29) is 5.57 Å². The minimum absolute atomic E-state index is 0.128. The third-order valence-corrected chi connectivity index (χ3v) is 1.92. The molecule has 0 aliphatic carbocycles. The summed E-state index contributed by atoms with van der Waals surface area (Å²) >= 11 is 0. The molecule has 0 saturated heterocycles. The predicted molar refractivity (Wildman–Crippen MR) is 60.5 cm³/mol. The van der Waals surface area contributed by atoms with E-state index in [0.717, 1.165) is 0 Å². The predicted octanol–water partition coefficient (Wildman–Crippen LogP) is 1.55. The van der Waals surface area contributed by atoms with Crippen LogP contribution >= 0.6 is 0 Å². The van der Waals surface area contributed by atoms with Crippen LogP contribution in [0.25, 0.3) is 0 Å². The zero-order valence-corrected chi connectivity index (χ0v) is 9.10. The molecule has 0 atom stereocenters. The molecule has 1 aromatic rings. The van der Waals surface area contributed by atoms with E-state index in [1.807, 2.05) is 6.07 Å². The maximum Gasteiger partial charge on any atom is 0.350 e. The lowest BCUT2D eigenvalue weighted by Gasteiger charge is -2.01. The highest BCUT2D eigenvalue weighted by atomic mass is 16.5. The van der Waals surface area contributed by atoms with Gasteiger partial charge in [0.15, 0.2) is 5.57 Å². The summed E-state index contributed by atoms with van der Waals surface area (Å²) in [6.45, 7) is 0. The van der Waals surface area contributed by atoms with E-state index in [9.17, 15) is 4.79 Å². The van der Waals surface area contributed by atoms with Gasteiger partial charge in [-0.3, -0.25) is 0 Å². The fraction of sp³-hybridized carbons (Fsp3) is 0.0833. The number of carbonyl (C=O) groups excluding carboxylic acids is 1. The molecule has 0 aliphatic rings. The van der Waals surface area contributed by atoms with E-state index in [1.54, 1.807) is 30.3 Å². The Labute approximate surface area is 98.5 Å². The minimum atomic E-state index is -0.700. The molecule has 5 nitrogen and oxygen atoms in total. The second-order valence-corrected chi connectivity index (χ2v) is 2.99.